The van der Waals surface area contributed by atoms with Gasteiger partial charge in [-0.15, -0.1) is 0 Å². The Morgan fingerprint density at radius 3 is 2.44 bits per heavy atom. The molecular formula is C10H19N3O3. The van der Waals surface area contributed by atoms with E-state index in [-0.39, 0.29) is 5.84 Å². The highest BCUT2D eigenvalue weighted by molar-refractivity contribution is 5.93. The molecule has 0 aromatic carbocycles. The molecule has 1 fully saturated rings. The molecule has 1 aliphatic heterocycles. The molecule has 4 N–H and O–H groups in total. The van der Waals surface area contributed by atoms with Crippen molar-refractivity contribution in [1.82, 2.24) is 4.90 Å². The van der Waals surface area contributed by atoms with E-state index >= 15 is 0 Å². The second kappa shape index (κ2) is 3.84. The summed E-state index contributed by atoms with van der Waals surface area (Å²) in [5.74, 6) is -0.0279. The Morgan fingerprint density at radius 2 is 2.06 bits per heavy atom. The van der Waals surface area contributed by atoms with Crippen molar-refractivity contribution in [2.45, 2.75) is 39.2 Å². The maximum absolute atomic E-state index is 11.2. The van der Waals surface area contributed by atoms with Crippen molar-refractivity contribution >= 4 is 11.9 Å². The largest absolute Gasteiger partial charge is 0.465 e. The minimum Gasteiger partial charge on any atom is -0.465 e. The van der Waals surface area contributed by atoms with E-state index < -0.39 is 17.0 Å². The molecule has 1 saturated heterocycles. The van der Waals surface area contributed by atoms with Crippen LogP contribution in [0.1, 0.15) is 33.6 Å². The summed E-state index contributed by atoms with van der Waals surface area (Å²) in [7, 11) is 0. The van der Waals surface area contributed by atoms with E-state index in [0.717, 1.165) is 6.42 Å². The van der Waals surface area contributed by atoms with Crippen molar-refractivity contribution in [3.63, 3.8) is 0 Å². The van der Waals surface area contributed by atoms with Crippen molar-refractivity contribution in [2.24, 2.45) is 16.3 Å². The Balaban J connectivity index is 3.30. The SMILES string of the molecule is CC(C)(C)[C@]1(C(N)=NO)CCCN1C(=O)O. The maximum Gasteiger partial charge on any atom is 0.408 e. The van der Waals surface area contributed by atoms with Gasteiger partial charge in [0.2, 0.25) is 0 Å². The van der Waals surface area contributed by atoms with Crippen LogP contribution in [0.3, 0.4) is 0 Å². The molecule has 6 nitrogen and oxygen atoms in total. The van der Waals surface area contributed by atoms with Crippen molar-refractivity contribution in [3.8, 4) is 0 Å². The van der Waals surface area contributed by atoms with Crippen LogP contribution in [0.15, 0.2) is 5.16 Å². The van der Waals surface area contributed by atoms with Crippen LogP contribution in [0, 0.1) is 5.41 Å². The van der Waals surface area contributed by atoms with Gasteiger partial charge in [-0.2, -0.15) is 0 Å². The number of oxime groups is 1. The van der Waals surface area contributed by atoms with E-state index in [1.165, 1.54) is 4.90 Å². The topological polar surface area (TPSA) is 99.2 Å². The highest BCUT2D eigenvalue weighted by atomic mass is 16.4. The van der Waals surface area contributed by atoms with Gasteiger partial charge < -0.3 is 16.0 Å². The Labute approximate surface area is 94.7 Å². The first-order chi connectivity index (χ1) is 7.27. The molecular weight excluding hydrogens is 210 g/mol. The van der Waals surface area contributed by atoms with Crippen LogP contribution < -0.4 is 5.73 Å². The number of carbonyl (C=O) groups is 1. The Morgan fingerprint density at radius 1 is 1.50 bits per heavy atom. The summed E-state index contributed by atoms with van der Waals surface area (Å²) in [5, 5.41) is 21.1. The monoisotopic (exact) mass is 229 g/mol. The second-order valence-electron chi connectivity index (χ2n) is 5.13. The van der Waals surface area contributed by atoms with Gasteiger partial charge in [0.25, 0.3) is 0 Å². The number of hydrogen-bond acceptors (Lipinski definition) is 3. The van der Waals surface area contributed by atoms with E-state index in [4.69, 9.17) is 10.9 Å². The number of amidine groups is 1. The molecule has 0 aliphatic carbocycles. The van der Waals surface area contributed by atoms with Gasteiger partial charge in [-0.05, 0) is 18.3 Å². The molecule has 0 aromatic rings. The first kappa shape index (κ1) is 12.6. The van der Waals surface area contributed by atoms with Crippen LogP contribution in [0.4, 0.5) is 4.79 Å². The lowest BCUT2D eigenvalue weighted by Gasteiger charge is -2.45. The number of nitrogens with two attached hydrogens (primary N) is 1. The van der Waals surface area contributed by atoms with Gasteiger partial charge in [0.05, 0.1) is 0 Å². The fraction of sp³-hybridized carbons (Fsp3) is 0.800. The quantitative estimate of drug-likeness (QED) is 0.273. The molecule has 1 heterocycles. The summed E-state index contributed by atoms with van der Waals surface area (Å²) >= 11 is 0. The Hall–Kier alpha value is -1.46. The summed E-state index contributed by atoms with van der Waals surface area (Å²) in [5.41, 5.74) is 4.39. The van der Waals surface area contributed by atoms with Gasteiger partial charge in [-0.3, -0.25) is 4.90 Å². The molecule has 1 amide bonds. The van der Waals surface area contributed by atoms with Crippen LogP contribution in [0.2, 0.25) is 0 Å². The summed E-state index contributed by atoms with van der Waals surface area (Å²) in [6.45, 7) is 6.10. The number of hydrogen-bond donors (Lipinski definition) is 3. The van der Waals surface area contributed by atoms with Crippen molar-refractivity contribution in [1.29, 1.82) is 0 Å². The minimum absolute atomic E-state index is 0.0279. The molecule has 0 aromatic heterocycles. The van der Waals surface area contributed by atoms with Crippen molar-refractivity contribution in [2.75, 3.05) is 6.54 Å². The third-order valence-corrected chi connectivity index (χ3v) is 3.38. The van der Waals surface area contributed by atoms with Crippen LogP contribution in [0.25, 0.3) is 0 Å². The van der Waals surface area contributed by atoms with Gasteiger partial charge >= 0.3 is 6.09 Å². The van der Waals surface area contributed by atoms with E-state index in [1.807, 2.05) is 20.8 Å². The first-order valence-electron chi connectivity index (χ1n) is 5.26. The molecule has 1 aliphatic rings. The van der Waals surface area contributed by atoms with E-state index in [9.17, 15) is 9.90 Å². The van der Waals surface area contributed by atoms with Gasteiger partial charge in [0.15, 0.2) is 5.84 Å². The molecule has 16 heavy (non-hydrogen) atoms. The molecule has 92 valence electrons. The minimum atomic E-state index is -1.03. The summed E-state index contributed by atoms with van der Waals surface area (Å²) in [6.07, 6.45) is 0.275. The third-order valence-electron chi connectivity index (χ3n) is 3.38. The maximum atomic E-state index is 11.2. The normalized spacial score (nSPS) is 27.2. The molecule has 0 saturated carbocycles. The fourth-order valence-corrected chi connectivity index (χ4v) is 2.59. The number of nitrogens with zero attached hydrogens (tertiary/aromatic N) is 2. The lowest BCUT2D eigenvalue weighted by molar-refractivity contribution is 0.0732. The predicted molar refractivity (Wildman–Crippen MR) is 59.6 cm³/mol. The average Bonchev–Trinajstić information content (AvgIpc) is 2.60. The molecule has 0 unspecified atom stereocenters. The summed E-state index contributed by atoms with van der Waals surface area (Å²) in [6, 6.07) is 0. The van der Waals surface area contributed by atoms with Crippen molar-refractivity contribution in [3.05, 3.63) is 0 Å². The summed E-state index contributed by atoms with van der Waals surface area (Å²) < 4.78 is 0. The standard InChI is InChI=1S/C10H19N3O3/c1-9(2,3)10(7(11)12-16)5-4-6-13(10)8(14)15/h16H,4-6H2,1-3H3,(H2,11,12)(H,14,15)/t10-/m1/s1. The zero-order chi connectivity index (χ0) is 12.6. The van der Waals surface area contributed by atoms with E-state index in [0.29, 0.717) is 13.0 Å². The van der Waals surface area contributed by atoms with Crippen LogP contribution in [-0.4, -0.2) is 39.2 Å². The Kier molecular flexibility index (Phi) is 3.03. The first-order valence-corrected chi connectivity index (χ1v) is 5.26. The number of carboxylic acid groups (broad SMARTS) is 1. The van der Waals surface area contributed by atoms with Crippen molar-refractivity contribution < 1.29 is 15.1 Å². The number of rotatable bonds is 1. The zero-order valence-corrected chi connectivity index (χ0v) is 9.90. The molecule has 0 radical (unpaired) electrons. The highest BCUT2D eigenvalue weighted by Crippen LogP contribution is 2.43. The van der Waals surface area contributed by atoms with E-state index in [2.05, 4.69) is 5.16 Å². The van der Waals surface area contributed by atoms with Gasteiger partial charge in [-0.25, -0.2) is 4.79 Å². The molecule has 1 rings (SSSR count). The molecule has 1 atom stereocenters. The lowest BCUT2D eigenvalue weighted by atomic mass is 9.71. The Bertz CT molecular complexity index is 322. The second-order valence-corrected chi connectivity index (χ2v) is 5.13. The van der Waals surface area contributed by atoms with Gasteiger partial charge in [0, 0.05) is 6.54 Å². The van der Waals surface area contributed by atoms with Gasteiger partial charge in [0.1, 0.15) is 5.54 Å². The smallest absolute Gasteiger partial charge is 0.408 e. The molecule has 0 spiro atoms. The highest BCUT2D eigenvalue weighted by Gasteiger charge is 2.55. The average molecular weight is 229 g/mol. The van der Waals surface area contributed by atoms with Gasteiger partial charge in [-0.1, -0.05) is 25.9 Å². The predicted octanol–water partition coefficient (Wildman–Crippen LogP) is 1.29. The number of likely N-dealkylation sites (tertiary alicyclic amines) is 1. The zero-order valence-electron chi connectivity index (χ0n) is 9.90. The van der Waals surface area contributed by atoms with E-state index in [1.54, 1.807) is 0 Å². The number of amides is 1. The fourth-order valence-electron chi connectivity index (χ4n) is 2.59. The van der Waals surface area contributed by atoms with Crippen LogP contribution in [0.5, 0.6) is 0 Å². The summed E-state index contributed by atoms with van der Waals surface area (Å²) in [4.78, 5) is 12.5. The lowest BCUT2D eigenvalue weighted by Crippen LogP contribution is -2.63. The molecule has 6 heteroatoms. The molecule has 0 bridgehead atoms. The third kappa shape index (κ3) is 1.58. The van der Waals surface area contributed by atoms with Crippen LogP contribution >= 0.6 is 0 Å². The van der Waals surface area contributed by atoms with Crippen LogP contribution in [-0.2, 0) is 0 Å².